The molecule has 0 saturated carbocycles. The van der Waals surface area contributed by atoms with Crippen LogP contribution in [0.2, 0.25) is 10.0 Å². The molecule has 0 saturated heterocycles. The molecular weight excluding hydrogens is 293 g/mol. The van der Waals surface area contributed by atoms with Crippen LogP contribution in [0.4, 0.5) is 0 Å². The van der Waals surface area contributed by atoms with Gasteiger partial charge in [0.05, 0.1) is 5.02 Å². The minimum absolute atomic E-state index is 0.210. The Morgan fingerprint density at radius 2 is 1.85 bits per heavy atom. The highest BCUT2D eigenvalue weighted by atomic mass is 35.5. The van der Waals surface area contributed by atoms with E-state index in [2.05, 4.69) is 19.2 Å². The van der Waals surface area contributed by atoms with Crippen molar-refractivity contribution in [2.45, 2.75) is 19.9 Å². The van der Waals surface area contributed by atoms with Crippen molar-refractivity contribution < 1.29 is 4.74 Å². The molecular formula is C16H17Cl2NO. The van der Waals surface area contributed by atoms with Gasteiger partial charge in [-0.05, 0) is 43.3 Å². The van der Waals surface area contributed by atoms with Gasteiger partial charge in [-0.15, -0.1) is 0 Å². The summed E-state index contributed by atoms with van der Waals surface area (Å²) in [6.45, 7) is 5.05. The van der Waals surface area contributed by atoms with Crippen LogP contribution in [0, 0.1) is 0 Å². The molecule has 0 radical (unpaired) electrons. The van der Waals surface area contributed by atoms with Crippen molar-refractivity contribution in [1.29, 1.82) is 0 Å². The van der Waals surface area contributed by atoms with Crippen LogP contribution in [0.5, 0.6) is 11.5 Å². The summed E-state index contributed by atoms with van der Waals surface area (Å²) in [5.74, 6) is 1.30. The first-order valence-electron chi connectivity index (χ1n) is 6.57. The van der Waals surface area contributed by atoms with Crippen LogP contribution >= 0.6 is 23.2 Å². The predicted molar refractivity (Wildman–Crippen MR) is 85.1 cm³/mol. The number of hydrogen-bond donors (Lipinski definition) is 1. The van der Waals surface area contributed by atoms with Gasteiger partial charge in [0.1, 0.15) is 11.5 Å². The van der Waals surface area contributed by atoms with Gasteiger partial charge in [0, 0.05) is 11.1 Å². The van der Waals surface area contributed by atoms with Gasteiger partial charge in [-0.1, -0.05) is 48.3 Å². The molecule has 1 unspecified atom stereocenters. The predicted octanol–water partition coefficient (Wildman–Crippen LogP) is 5.46. The van der Waals surface area contributed by atoms with Crippen molar-refractivity contribution in [3.63, 3.8) is 0 Å². The van der Waals surface area contributed by atoms with Crippen LogP contribution in [0.25, 0.3) is 0 Å². The average molecular weight is 310 g/mol. The molecule has 20 heavy (non-hydrogen) atoms. The zero-order valence-corrected chi connectivity index (χ0v) is 13.0. The van der Waals surface area contributed by atoms with Crippen LogP contribution in [0.3, 0.4) is 0 Å². The van der Waals surface area contributed by atoms with Crippen LogP contribution < -0.4 is 10.1 Å². The maximum absolute atomic E-state index is 6.31. The van der Waals surface area contributed by atoms with Gasteiger partial charge >= 0.3 is 0 Å². The fourth-order valence-electron chi connectivity index (χ4n) is 1.99. The summed E-state index contributed by atoms with van der Waals surface area (Å²) in [7, 11) is 0. The minimum Gasteiger partial charge on any atom is -0.456 e. The van der Waals surface area contributed by atoms with Gasteiger partial charge in [-0.3, -0.25) is 0 Å². The zero-order chi connectivity index (χ0) is 14.5. The van der Waals surface area contributed by atoms with Crippen LogP contribution in [-0.2, 0) is 0 Å². The Hall–Kier alpha value is -1.22. The summed E-state index contributed by atoms with van der Waals surface area (Å²) in [6.07, 6.45) is 0. The third kappa shape index (κ3) is 3.66. The van der Waals surface area contributed by atoms with Crippen molar-refractivity contribution >= 4 is 23.2 Å². The molecule has 1 N–H and O–H groups in total. The standard InChI is InChI=1S/C16H17Cl2NO/c1-3-19-11(2)13-9-8-12(10-15(13)18)20-16-7-5-4-6-14(16)17/h4-11,19H,3H2,1-2H3. The quantitative estimate of drug-likeness (QED) is 0.792. The van der Waals surface area contributed by atoms with Crippen LogP contribution in [0.15, 0.2) is 42.5 Å². The van der Waals surface area contributed by atoms with E-state index in [-0.39, 0.29) is 6.04 Å². The van der Waals surface area contributed by atoms with Crippen molar-refractivity contribution in [2.24, 2.45) is 0 Å². The summed E-state index contributed by atoms with van der Waals surface area (Å²) in [5, 5.41) is 4.60. The highest BCUT2D eigenvalue weighted by Crippen LogP contribution is 2.32. The van der Waals surface area contributed by atoms with Crippen LogP contribution in [0.1, 0.15) is 25.5 Å². The molecule has 0 amide bonds. The summed E-state index contributed by atoms with van der Waals surface area (Å²) in [6, 6.07) is 13.3. The van der Waals surface area contributed by atoms with E-state index in [0.29, 0.717) is 21.5 Å². The minimum atomic E-state index is 0.210. The SMILES string of the molecule is CCNC(C)c1ccc(Oc2ccccc2Cl)cc1Cl. The molecule has 1 atom stereocenters. The van der Waals surface area contributed by atoms with Gasteiger partial charge < -0.3 is 10.1 Å². The molecule has 0 aliphatic rings. The van der Waals surface area contributed by atoms with E-state index in [0.717, 1.165) is 12.1 Å². The first-order chi connectivity index (χ1) is 9.61. The summed E-state index contributed by atoms with van der Waals surface area (Å²) in [4.78, 5) is 0. The second-order valence-corrected chi connectivity index (χ2v) is 5.31. The van der Waals surface area contributed by atoms with Gasteiger partial charge in [-0.2, -0.15) is 0 Å². The number of hydrogen-bond acceptors (Lipinski definition) is 2. The topological polar surface area (TPSA) is 21.3 Å². The summed E-state index contributed by atoms with van der Waals surface area (Å²) < 4.78 is 5.75. The van der Waals surface area contributed by atoms with Crippen molar-refractivity contribution in [3.8, 4) is 11.5 Å². The number of ether oxygens (including phenoxy) is 1. The Morgan fingerprint density at radius 1 is 1.10 bits per heavy atom. The van der Waals surface area contributed by atoms with E-state index < -0.39 is 0 Å². The monoisotopic (exact) mass is 309 g/mol. The number of halogens is 2. The van der Waals surface area contributed by atoms with Crippen LogP contribution in [-0.4, -0.2) is 6.54 Å². The molecule has 0 bridgehead atoms. The highest BCUT2D eigenvalue weighted by Gasteiger charge is 2.10. The largest absolute Gasteiger partial charge is 0.456 e. The molecule has 4 heteroatoms. The van der Waals surface area contributed by atoms with E-state index in [9.17, 15) is 0 Å². The molecule has 2 rings (SSSR count). The lowest BCUT2D eigenvalue weighted by atomic mass is 10.1. The number of nitrogens with one attached hydrogen (secondary N) is 1. The highest BCUT2D eigenvalue weighted by molar-refractivity contribution is 6.32. The Morgan fingerprint density at radius 3 is 2.50 bits per heavy atom. The van der Waals surface area contributed by atoms with E-state index in [1.165, 1.54) is 0 Å². The van der Waals surface area contributed by atoms with Crippen molar-refractivity contribution in [3.05, 3.63) is 58.1 Å². The molecule has 0 fully saturated rings. The molecule has 0 heterocycles. The molecule has 0 aliphatic carbocycles. The molecule has 2 aromatic rings. The lowest BCUT2D eigenvalue weighted by molar-refractivity contribution is 0.482. The van der Waals surface area contributed by atoms with Crippen molar-refractivity contribution in [1.82, 2.24) is 5.32 Å². The van der Waals surface area contributed by atoms with E-state index in [1.807, 2.05) is 36.4 Å². The Balaban J connectivity index is 2.19. The maximum atomic E-state index is 6.31. The number of benzene rings is 2. The maximum Gasteiger partial charge on any atom is 0.146 e. The summed E-state index contributed by atoms with van der Waals surface area (Å²) in [5.41, 5.74) is 1.06. The second kappa shape index (κ2) is 6.98. The van der Waals surface area contributed by atoms with Gasteiger partial charge in [0.15, 0.2) is 0 Å². The van der Waals surface area contributed by atoms with Gasteiger partial charge in [0.2, 0.25) is 0 Å². The van der Waals surface area contributed by atoms with E-state index >= 15 is 0 Å². The van der Waals surface area contributed by atoms with Gasteiger partial charge in [0.25, 0.3) is 0 Å². The number of para-hydroxylation sites is 1. The third-order valence-electron chi connectivity index (χ3n) is 3.01. The summed E-state index contributed by atoms with van der Waals surface area (Å²) >= 11 is 12.4. The fourth-order valence-corrected chi connectivity index (χ4v) is 2.50. The van der Waals surface area contributed by atoms with E-state index in [1.54, 1.807) is 6.07 Å². The third-order valence-corrected chi connectivity index (χ3v) is 3.65. The van der Waals surface area contributed by atoms with Crippen molar-refractivity contribution in [2.75, 3.05) is 6.54 Å². The molecule has 2 aromatic carbocycles. The lowest BCUT2D eigenvalue weighted by Crippen LogP contribution is -2.17. The molecule has 2 nitrogen and oxygen atoms in total. The average Bonchev–Trinajstić information content (AvgIpc) is 2.42. The second-order valence-electron chi connectivity index (χ2n) is 4.50. The number of rotatable bonds is 5. The Labute approximate surface area is 129 Å². The molecule has 0 spiro atoms. The van der Waals surface area contributed by atoms with E-state index in [4.69, 9.17) is 27.9 Å². The normalized spacial score (nSPS) is 12.2. The Bertz CT molecular complexity index is 586. The van der Waals surface area contributed by atoms with Gasteiger partial charge in [-0.25, -0.2) is 0 Å². The molecule has 106 valence electrons. The molecule has 0 aliphatic heterocycles. The lowest BCUT2D eigenvalue weighted by Gasteiger charge is -2.15. The molecule has 0 aromatic heterocycles. The first-order valence-corrected chi connectivity index (χ1v) is 7.32. The first kappa shape index (κ1) is 15.2. The smallest absolute Gasteiger partial charge is 0.146 e. The zero-order valence-electron chi connectivity index (χ0n) is 11.5. The Kier molecular flexibility index (Phi) is 5.30. The fraction of sp³-hybridized carbons (Fsp3) is 0.250.